The van der Waals surface area contributed by atoms with Gasteiger partial charge in [-0.25, -0.2) is 0 Å². The summed E-state index contributed by atoms with van der Waals surface area (Å²) in [4.78, 5) is 0. The fraction of sp³-hybridized carbons (Fsp3) is 0.0455. The largest absolute Gasteiger partial charge is 0.355 e. The maximum absolute atomic E-state index is 10.2. The van der Waals surface area contributed by atoms with Crippen molar-refractivity contribution in [2.45, 2.75) is 12.3 Å². The summed E-state index contributed by atoms with van der Waals surface area (Å²) >= 11 is 0. The van der Waals surface area contributed by atoms with Gasteiger partial charge in [0.1, 0.15) is 0 Å². The molecule has 7 aromatic rings. The van der Waals surface area contributed by atoms with E-state index in [9.17, 15) is 10.5 Å². The quantitative estimate of drug-likeness (QED) is 0.203. The molecule has 4 heteroatoms. The summed E-state index contributed by atoms with van der Waals surface area (Å²) in [6.07, 6.45) is 9.72. The second-order valence-electron chi connectivity index (χ2n) is 12.0. The first-order valence-corrected chi connectivity index (χ1v) is 16.1. The number of aromatic nitrogens is 1. The standard InChI is InChI=1S/C44H30N4/c45-28-30-17-26-42-39(27-30)38-13-5-7-15-41(38)48(42)43-16-8-11-35(29-46)44(43)34-20-18-31(19-21-34)32-22-24-36(25-23-32)47-40-14-6-4-12-37(40)33-9-2-1-3-10-33/h1-9,11-27,33,47H,10H2. The molecule has 1 aliphatic carbocycles. The molecule has 1 aliphatic rings. The topological polar surface area (TPSA) is 64.5 Å². The van der Waals surface area contributed by atoms with Crippen LogP contribution < -0.4 is 5.32 Å². The van der Waals surface area contributed by atoms with Crippen LogP contribution in [0.5, 0.6) is 0 Å². The van der Waals surface area contributed by atoms with Gasteiger partial charge in [0.15, 0.2) is 0 Å². The normalized spacial score (nSPS) is 13.8. The molecule has 0 spiro atoms. The van der Waals surface area contributed by atoms with Crippen LogP contribution in [-0.4, -0.2) is 4.57 Å². The minimum Gasteiger partial charge on any atom is -0.355 e. The maximum atomic E-state index is 10.2. The molecule has 0 aliphatic heterocycles. The highest BCUT2D eigenvalue weighted by Gasteiger charge is 2.19. The number of anilines is 2. The van der Waals surface area contributed by atoms with Crippen molar-refractivity contribution < 1.29 is 0 Å². The Hall–Kier alpha value is -6.62. The molecule has 1 heterocycles. The fourth-order valence-electron chi connectivity index (χ4n) is 6.90. The number of rotatable bonds is 6. The lowest BCUT2D eigenvalue weighted by molar-refractivity contribution is 0.856. The second-order valence-corrected chi connectivity index (χ2v) is 12.0. The van der Waals surface area contributed by atoms with Crippen LogP contribution in [0.4, 0.5) is 11.4 Å². The summed E-state index contributed by atoms with van der Waals surface area (Å²) in [7, 11) is 0. The van der Waals surface area contributed by atoms with Crippen molar-refractivity contribution in [1.29, 1.82) is 10.5 Å². The average Bonchev–Trinajstić information content (AvgIpc) is 3.49. The Morgan fingerprint density at radius 3 is 2.12 bits per heavy atom. The summed E-state index contributed by atoms with van der Waals surface area (Å²) in [5, 5.41) is 25.5. The number of nitrogens with zero attached hydrogens (tertiary/aromatic N) is 3. The summed E-state index contributed by atoms with van der Waals surface area (Å²) in [6, 6.07) is 50.1. The van der Waals surface area contributed by atoms with Crippen LogP contribution >= 0.6 is 0 Å². The van der Waals surface area contributed by atoms with Gasteiger partial charge < -0.3 is 9.88 Å². The number of nitriles is 2. The number of benzene rings is 6. The van der Waals surface area contributed by atoms with Gasteiger partial charge in [0.2, 0.25) is 0 Å². The van der Waals surface area contributed by atoms with E-state index >= 15 is 0 Å². The molecule has 0 amide bonds. The number of nitrogens with one attached hydrogen (secondary N) is 1. The van der Waals surface area contributed by atoms with E-state index < -0.39 is 0 Å². The predicted molar refractivity (Wildman–Crippen MR) is 196 cm³/mol. The van der Waals surface area contributed by atoms with E-state index in [0.29, 0.717) is 17.0 Å². The Bertz CT molecular complexity index is 2460. The predicted octanol–water partition coefficient (Wildman–Crippen LogP) is 11.2. The van der Waals surface area contributed by atoms with Crippen molar-refractivity contribution in [2.24, 2.45) is 0 Å². The molecule has 1 N–H and O–H groups in total. The van der Waals surface area contributed by atoms with Gasteiger partial charge in [-0.3, -0.25) is 0 Å². The lowest BCUT2D eigenvalue weighted by Crippen LogP contribution is -2.01. The maximum Gasteiger partial charge on any atom is 0.0998 e. The highest BCUT2D eigenvalue weighted by molar-refractivity contribution is 6.10. The molecule has 1 aromatic heterocycles. The van der Waals surface area contributed by atoms with E-state index in [0.717, 1.165) is 67.5 Å². The first-order chi connectivity index (χ1) is 23.7. The lowest BCUT2D eigenvalue weighted by atomic mass is 9.91. The summed E-state index contributed by atoms with van der Waals surface area (Å²) in [6.45, 7) is 0. The molecule has 1 atom stereocenters. The Morgan fingerprint density at radius 1 is 0.625 bits per heavy atom. The zero-order valence-electron chi connectivity index (χ0n) is 26.1. The molecule has 0 fully saturated rings. The van der Waals surface area contributed by atoms with Crippen molar-refractivity contribution in [3.63, 3.8) is 0 Å². The number of para-hydroxylation sites is 2. The average molecular weight is 615 g/mol. The minimum atomic E-state index is 0.370. The molecule has 0 bridgehead atoms. The van der Waals surface area contributed by atoms with Gasteiger partial charge in [-0.1, -0.05) is 103 Å². The first-order valence-electron chi connectivity index (χ1n) is 16.1. The first kappa shape index (κ1) is 28.8. The Morgan fingerprint density at radius 2 is 1.35 bits per heavy atom. The zero-order valence-corrected chi connectivity index (χ0v) is 26.1. The number of fused-ring (bicyclic) bond motifs is 3. The van der Waals surface area contributed by atoms with Gasteiger partial charge in [-0.15, -0.1) is 0 Å². The number of hydrogen-bond donors (Lipinski definition) is 1. The van der Waals surface area contributed by atoms with Gasteiger partial charge in [0, 0.05) is 33.6 Å². The van der Waals surface area contributed by atoms with Crippen molar-refractivity contribution in [2.75, 3.05) is 5.32 Å². The van der Waals surface area contributed by atoms with Gasteiger partial charge in [-0.2, -0.15) is 10.5 Å². The highest BCUT2D eigenvalue weighted by Crippen LogP contribution is 2.39. The minimum absolute atomic E-state index is 0.370. The summed E-state index contributed by atoms with van der Waals surface area (Å²) in [5.74, 6) is 0.370. The molecule has 1 unspecified atom stereocenters. The molecule has 6 aromatic carbocycles. The van der Waals surface area contributed by atoms with Crippen molar-refractivity contribution >= 4 is 33.2 Å². The summed E-state index contributed by atoms with van der Waals surface area (Å²) in [5.41, 5.74) is 11.7. The summed E-state index contributed by atoms with van der Waals surface area (Å²) < 4.78 is 2.21. The van der Waals surface area contributed by atoms with Crippen LogP contribution in [0.15, 0.2) is 158 Å². The third-order valence-corrected chi connectivity index (χ3v) is 9.22. The van der Waals surface area contributed by atoms with E-state index in [2.05, 4.69) is 137 Å². The van der Waals surface area contributed by atoms with Crippen LogP contribution in [-0.2, 0) is 0 Å². The molecule has 0 saturated carbocycles. The number of hydrogen-bond acceptors (Lipinski definition) is 3. The van der Waals surface area contributed by atoms with Crippen LogP contribution in [0.1, 0.15) is 29.0 Å². The fourth-order valence-corrected chi connectivity index (χ4v) is 6.90. The second kappa shape index (κ2) is 12.3. The van der Waals surface area contributed by atoms with Crippen LogP contribution in [0.3, 0.4) is 0 Å². The van der Waals surface area contributed by atoms with E-state index in [-0.39, 0.29) is 0 Å². The van der Waals surface area contributed by atoms with Gasteiger partial charge >= 0.3 is 0 Å². The van der Waals surface area contributed by atoms with Crippen molar-refractivity contribution in [1.82, 2.24) is 4.57 Å². The highest BCUT2D eigenvalue weighted by atomic mass is 15.0. The number of allylic oxidation sites excluding steroid dienone is 4. The third kappa shape index (κ3) is 5.13. The Kier molecular flexibility index (Phi) is 7.38. The monoisotopic (exact) mass is 614 g/mol. The molecule has 0 saturated heterocycles. The van der Waals surface area contributed by atoms with Gasteiger partial charge in [-0.05, 0) is 83.3 Å². The van der Waals surface area contributed by atoms with Crippen molar-refractivity contribution in [3.8, 4) is 40.1 Å². The van der Waals surface area contributed by atoms with E-state index in [1.54, 1.807) is 0 Å². The Balaban J connectivity index is 1.13. The molecule has 4 nitrogen and oxygen atoms in total. The smallest absolute Gasteiger partial charge is 0.0998 e. The molecule has 8 rings (SSSR count). The van der Waals surface area contributed by atoms with Crippen LogP contribution in [0, 0.1) is 22.7 Å². The van der Waals surface area contributed by atoms with E-state index in [4.69, 9.17) is 0 Å². The molecular weight excluding hydrogens is 585 g/mol. The van der Waals surface area contributed by atoms with Crippen LogP contribution in [0.2, 0.25) is 0 Å². The van der Waals surface area contributed by atoms with Crippen LogP contribution in [0.25, 0.3) is 49.7 Å². The molecular formula is C44H30N4. The Labute approximate surface area is 279 Å². The molecule has 226 valence electrons. The van der Waals surface area contributed by atoms with E-state index in [1.807, 2.05) is 42.5 Å². The zero-order chi connectivity index (χ0) is 32.5. The molecule has 48 heavy (non-hydrogen) atoms. The van der Waals surface area contributed by atoms with Gasteiger partial charge in [0.25, 0.3) is 0 Å². The third-order valence-electron chi connectivity index (χ3n) is 9.22. The van der Waals surface area contributed by atoms with Crippen molar-refractivity contribution in [3.05, 3.63) is 174 Å². The van der Waals surface area contributed by atoms with E-state index in [1.165, 1.54) is 5.56 Å². The SMILES string of the molecule is N#Cc1ccc2c(c1)c1ccccc1n2-c1cccc(C#N)c1-c1ccc(-c2ccc(Nc3ccccc3C3C=CC=CC3)cc2)cc1. The van der Waals surface area contributed by atoms with Gasteiger partial charge in [0.05, 0.1) is 40.0 Å². The molecule has 0 radical (unpaired) electrons. The lowest BCUT2D eigenvalue weighted by Gasteiger charge is -2.19.